The smallest absolute Gasteiger partial charge is 0.0773 e. The van der Waals surface area contributed by atoms with E-state index in [9.17, 15) is 0 Å². The summed E-state index contributed by atoms with van der Waals surface area (Å²) in [6.45, 7) is 8.99. The fourth-order valence-corrected chi connectivity index (χ4v) is 3.27. The quantitative estimate of drug-likeness (QED) is 0.569. The van der Waals surface area contributed by atoms with Crippen molar-refractivity contribution in [3.05, 3.63) is 0 Å². The number of hydrogen-bond donors (Lipinski definition) is 1. The minimum absolute atomic E-state index is 0. The number of piperidine rings is 1. The van der Waals surface area contributed by atoms with Gasteiger partial charge in [0, 0.05) is 0 Å². The Labute approximate surface area is 127 Å². The Kier molecular flexibility index (Phi) is 13.4. The van der Waals surface area contributed by atoms with E-state index in [2.05, 4.69) is 13.8 Å². The summed E-state index contributed by atoms with van der Waals surface area (Å²) < 4.78 is 0. The molecule has 0 atom stereocenters. The van der Waals surface area contributed by atoms with Gasteiger partial charge in [0.25, 0.3) is 0 Å². The van der Waals surface area contributed by atoms with Crippen LogP contribution in [0.2, 0.25) is 0 Å². The highest BCUT2D eigenvalue weighted by Crippen LogP contribution is 2.17. The van der Waals surface area contributed by atoms with Crippen molar-refractivity contribution in [3.63, 3.8) is 0 Å². The molecule has 19 heavy (non-hydrogen) atoms. The van der Waals surface area contributed by atoms with Crippen molar-refractivity contribution in [2.75, 3.05) is 19.6 Å². The van der Waals surface area contributed by atoms with Crippen molar-refractivity contribution < 1.29 is 17.3 Å². The van der Waals surface area contributed by atoms with Crippen LogP contribution >= 0.6 is 0 Å². The van der Waals surface area contributed by atoms with Gasteiger partial charge in [0.1, 0.15) is 0 Å². The second kappa shape index (κ2) is 13.2. The number of quaternary nitrogens is 1. The molecule has 0 amide bonds. The summed E-state index contributed by atoms with van der Waals surface area (Å²) in [5, 5.41) is 0. The van der Waals surface area contributed by atoms with Gasteiger partial charge in [-0.15, -0.1) is 0 Å². The molecule has 2 heteroatoms. The summed E-state index contributed by atoms with van der Waals surface area (Å²) in [6, 6.07) is 0. The molecule has 1 fully saturated rings. The van der Waals surface area contributed by atoms with Crippen molar-refractivity contribution >= 4 is 0 Å². The van der Waals surface area contributed by atoms with Gasteiger partial charge in [-0.25, -0.2) is 0 Å². The van der Waals surface area contributed by atoms with Crippen LogP contribution in [0.5, 0.6) is 0 Å². The van der Waals surface area contributed by atoms with E-state index in [0.717, 1.165) is 5.92 Å². The van der Waals surface area contributed by atoms with Gasteiger partial charge in [-0.05, 0) is 31.6 Å². The molecule has 1 aliphatic heterocycles. The summed E-state index contributed by atoms with van der Waals surface area (Å²) in [5.74, 6) is 1.07. The van der Waals surface area contributed by atoms with Crippen molar-refractivity contribution in [1.29, 1.82) is 0 Å². The predicted octanol–water partition coefficient (Wildman–Crippen LogP) is 0.836. The van der Waals surface area contributed by atoms with Crippen LogP contribution in [-0.4, -0.2) is 19.6 Å². The second-order valence-corrected chi connectivity index (χ2v) is 6.35. The summed E-state index contributed by atoms with van der Waals surface area (Å²) in [6.07, 6.45) is 16.0. The Morgan fingerprint density at radius 1 is 0.789 bits per heavy atom. The first-order chi connectivity index (χ1) is 8.86. The van der Waals surface area contributed by atoms with Crippen LogP contribution in [-0.2, 0) is 0 Å². The first-order valence-electron chi connectivity index (χ1n) is 8.70. The van der Waals surface area contributed by atoms with E-state index < -0.39 is 0 Å². The Morgan fingerprint density at radius 2 is 1.37 bits per heavy atom. The van der Waals surface area contributed by atoms with E-state index in [4.69, 9.17) is 0 Å². The molecular weight excluding hydrogens is 254 g/mol. The van der Waals surface area contributed by atoms with E-state index in [1.54, 1.807) is 0 Å². The van der Waals surface area contributed by atoms with Gasteiger partial charge in [-0.2, -0.15) is 0 Å². The molecule has 116 valence electrons. The number of halogens is 1. The lowest BCUT2D eigenvalue weighted by molar-refractivity contribution is -0.906. The first kappa shape index (κ1) is 19.2. The van der Waals surface area contributed by atoms with Gasteiger partial charge >= 0.3 is 0 Å². The van der Waals surface area contributed by atoms with Gasteiger partial charge in [0.15, 0.2) is 0 Å². The van der Waals surface area contributed by atoms with Gasteiger partial charge < -0.3 is 17.3 Å². The molecule has 0 aromatic heterocycles. The van der Waals surface area contributed by atoms with Gasteiger partial charge in [-0.3, -0.25) is 0 Å². The summed E-state index contributed by atoms with van der Waals surface area (Å²) in [5.41, 5.74) is 0. The largest absolute Gasteiger partial charge is 1.00 e. The predicted molar refractivity (Wildman–Crippen MR) is 81.2 cm³/mol. The van der Waals surface area contributed by atoms with Crippen LogP contribution in [0.4, 0.5) is 0 Å². The van der Waals surface area contributed by atoms with Crippen molar-refractivity contribution in [2.45, 2.75) is 84.5 Å². The molecule has 0 aromatic carbocycles. The van der Waals surface area contributed by atoms with Gasteiger partial charge in [0.05, 0.1) is 19.6 Å². The highest BCUT2D eigenvalue weighted by molar-refractivity contribution is 4.62. The zero-order valence-corrected chi connectivity index (χ0v) is 14.1. The SMILES string of the molecule is CCCCCCCC[NH+]1CCC(CCCC)CC1.[Cl-]. The van der Waals surface area contributed by atoms with Gasteiger partial charge in [-0.1, -0.05) is 58.8 Å². The maximum atomic E-state index is 2.32. The van der Waals surface area contributed by atoms with Crippen LogP contribution in [0.15, 0.2) is 0 Å². The normalized spacial score (nSPS) is 23.1. The third-order valence-corrected chi connectivity index (χ3v) is 4.66. The minimum atomic E-state index is 0. The molecule has 0 aromatic rings. The number of likely N-dealkylation sites (tertiary alicyclic amines) is 1. The third-order valence-electron chi connectivity index (χ3n) is 4.66. The van der Waals surface area contributed by atoms with E-state index in [1.807, 2.05) is 4.90 Å². The highest BCUT2D eigenvalue weighted by Gasteiger charge is 2.20. The Morgan fingerprint density at radius 3 is 2.00 bits per heavy atom. The fourth-order valence-electron chi connectivity index (χ4n) is 3.27. The zero-order valence-electron chi connectivity index (χ0n) is 13.4. The van der Waals surface area contributed by atoms with Crippen LogP contribution < -0.4 is 17.3 Å². The molecule has 0 aliphatic carbocycles. The van der Waals surface area contributed by atoms with E-state index in [-0.39, 0.29) is 12.4 Å². The Balaban J connectivity index is 0.00000324. The Hall–Kier alpha value is 0.250. The van der Waals surface area contributed by atoms with E-state index >= 15 is 0 Å². The molecule has 0 spiro atoms. The monoisotopic (exact) mass is 289 g/mol. The molecule has 0 radical (unpaired) electrons. The van der Waals surface area contributed by atoms with Gasteiger partial charge in [0.2, 0.25) is 0 Å². The molecule has 1 aliphatic rings. The van der Waals surface area contributed by atoms with Crippen LogP contribution in [0.3, 0.4) is 0 Å². The number of rotatable bonds is 10. The molecule has 1 rings (SSSR count). The second-order valence-electron chi connectivity index (χ2n) is 6.35. The molecule has 1 nitrogen and oxygen atoms in total. The fraction of sp³-hybridized carbons (Fsp3) is 1.00. The van der Waals surface area contributed by atoms with Crippen molar-refractivity contribution in [1.82, 2.24) is 0 Å². The van der Waals surface area contributed by atoms with Crippen molar-refractivity contribution in [3.8, 4) is 0 Å². The minimum Gasteiger partial charge on any atom is -1.00 e. The molecule has 1 N–H and O–H groups in total. The maximum absolute atomic E-state index is 2.32. The first-order valence-corrected chi connectivity index (χ1v) is 8.70. The molecule has 1 heterocycles. The lowest BCUT2D eigenvalue weighted by Gasteiger charge is -2.29. The highest BCUT2D eigenvalue weighted by atomic mass is 35.5. The lowest BCUT2D eigenvalue weighted by atomic mass is 9.91. The zero-order chi connectivity index (χ0) is 13.1. The average molecular weight is 290 g/mol. The molecule has 0 bridgehead atoms. The standard InChI is InChI=1S/C17H35N.ClH/c1-3-5-7-8-9-10-14-18-15-12-17(13-16-18)11-6-4-2;/h17H,3-16H2,1-2H3;1H. The molecule has 0 unspecified atom stereocenters. The van der Waals surface area contributed by atoms with Crippen molar-refractivity contribution in [2.24, 2.45) is 5.92 Å². The summed E-state index contributed by atoms with van der Waals surface area (Å²) in [7, 11) is 0. The maximum Gasteiger partial charge on any atom is 0.0773 e. The van der Waals surface area contributed by atoms with E-state index in [0.29, 0.717) is 0 Å². The number of nitrogens with one attached hydrogen (secondary N) is 1. The number of unbranched alkanes of at least 4 members (excludes halogenated alkanes) is 6. The lowest BCUT2D eigenvalue weighted by Crippen LogP contribution is -3.13. The van der Waals surface area contributed by atoms with Crippen LogP contribution in [0.25, 0.3) is 0 Å². The van der Waals surface area contributed by atoms with Crippen LogP contribution in [0, 0.1) is 5.92 Å². The third kappa shape index (κ3) is 9.73. The number of hydrogen-bond acceptors (Lipinski definition) is 0. The topological polar surface area (TPSA) is 4.44 Å². The van der Waals surface area contributed by atoms with E-state index in [1.165, 1.54) is 90.3 Å². The molecule has 1 saturated heterocycles. The average Bonchev–Trinajstić information content (AvgIpc) is 2.42. The molecule has 0 saturated carbocycles. The summed E-state index contributed by atoms with van der Waals surface area (Å²) in [4.78, 5) is 1.90. The molecular formula is C17H36ClN. The van der Waals surface area contributed by atoms with Crippen LogP contribution in [0.1, 0.15) is 84.5 Å². The Bertz CT molecular complexity index is 176. The summed E-state index contributed by atoms with van der Waals surface area (Å²) >= 11 is 0.